The van der Waals surface area contributed by atoms with Crippen molar-refractivity contribution in [1.29, 1.82) is 0 Å². The average Bonchev–Trinajstić information content (AvgIpc) is 3.69. The Morgan fingerprint density at radius 2 is 1.85 bits per heavy atom. The van der Waals surface area contributed by atoms with E-state index in [9.17, 15) is 13.2 Å². The second kappa shape index (κ2) is 13.9. The van der Waals surface area contributed by atoms with Crippen molar-refractivity contribution in [1.82, 2.24) is 15.0 Å². The molecule has 4 aromatic rings. The van der Waals surface area contributed by atoms with Gasteiger partial charge in [0.05, 0.1) is 16.9 Å². The lowest BCUT2D eigenvalue weighted by atomic mass is 9.78. The molecule has 47 heavy (non-hydrogen) atoms. The summed E-state index contributed by atoms with van der Waals surface area (Å²) in [5.74, 6) is 0.900. The van der Waals surface area contributed by atoms with Gasteiger partial charge in [-0.1, -0.05) is 85.4 Å². The molecule has 0 saturated heterocycles. The SMILES string of the molecule is CCCCC1=CCC2(CCCC2)C(=O)N1Cc1ccc(-c2ccccc2S(=O)(=O)Nc2noc(C)c2Cl)c(COc2ccccn2)c1. The van der Waals surface area contributed by atoms with Crippen LogP contribution in [0.5, 0.6) is 5.88 Å². The van der Waals surface area contributed by atoms with Gasteiger partial charge in [-0.3, -0.25) is 9.52 Å². The molecule has 9 nitrogen and oxygen atoms in total. The van der Waals surface area contributed by atoms with Gasteiger partial charge in [0.2, 0.25) is 17.6 Å². The van der Waals surface area contributed by atoms with Gasteiger partial charge in [-0.25, -0.2) is 13.4 Å². The summed E-state index contributed by atoms with van der Waals surface area (Å²) in [5, 5.41) is 3.87. The highest BCUT2D eigenvalue weighted by Gasteiger charge is 2.45. The third-order valence-electron chi connectivity index (χ3n) is 9.13. The van der Waals surface area contributed by atoms with Gasteiger partial charge in [-0.2, -0.15) is 0 Å². The predicted molar refractivity (Wildman–Crippen MR) is 181 cm³/mol. The summed E-state index contributed by atoms with van der Waals surface area (Å²) in [4.78, 5) is 20.4. The van der Waals surface area contributed by atoms with E-state index >= 15 is 0 Å². The fraction of sp³-hybridized carbons (Fsp3) is 0.361. The summed E-state index contributed by atoms with van der Waals surface area (Å²) in [5.41, 5.74) is 3.63. The van der Waals surface area contributed by atoms with Crippen LogP contribution in [0.4, 0.5) is 5.82 Å². The van der Waals surface area contributed by atoms with E-state index in [1.807, 2.05) is 35.2 Å². The highest BCUT2D eigenvalue weighted by Crippen LogP contribution is 2.47. The maximum absolute atomic E-state index is 14.1. The van der Waals surface area contributed by atoms with Crippen LogP contribution in [0, 0.1) is 12.3 Å². The molecule has 2 aliphatic rings. The third-order valence-corrected chi connectivity index (χ3v) is 11.0. The summed E-state index contributed by atoms with van der Waals surface area (Å²) < 4.78 is 41.1. The summed E-state index contributed by atoms with van der Waals surface area (Å²) in [6.45, 7) is 4.32. The molecular formula is C36H39ClN4O5S. The largest absolute Gasteiger partial charge is 0.473 e. The molecule has 2 aromatic carbocycles. The molecule has 0 atom stereocenters. The normalized spacial score (nSPS) is 16.0. The van der Waals surface area contributed by atoms with Crippen molar-refractivity contribution in [3.05, 3.63) is 101 Å². The molecule has 1 N–H and O–H groups in total. The Labute approximate surface area is 281 Å². The predicted octanol–water partition coefficient (Wildman–Crippen LogP) is 8.45. The van der Waals surface area contributed by atoms with E-state index in [4.69, 9.17) is 20.9 Å². The average molecular weight is 675 g/mol. The molecule has 1 aliphatic carbocycles. The zero-order valence-electron chi connectivity index (χ0n) is 26.7. The number of nitrogens with one attached hydrogen (secondary N) is 1. The smallest absolute Gasteiger partial charge is 0.263 e. The lowest BCUT2D eigenvalue weighted by Gasteiger charge is -2.39. The fourth-order valence-electron chi connectivity index (χ4n) is 6.59. The Morgan fingerprint density at radius 1 is 1.06 bits per heavy atom. The quantitative estimate of drug-likeness (QED) is 0.160. The molecule has 1 saturated carbocycles. The minimum Gasteiger partial charge on any atom is -0.473 e. The number of unbranched alkanes of at least 4 members (excludes halogenated alkanes) is 1. The van der Waals surface area contributed by atoms with Gasteiger partial charge in [0, 0.05) is 23.5 Å². The van der Waals surface area contributed by atoms with Crippen molar-refractivity contribution in [3.8, 4) is 17.0 Å². The minimum absolute atomic E-state index is 0.0442. The van der Waals surface area contributed by atoms with Crippen LogP contribution >= 0.6 is 11.6 Å². The summed E-state index contributed by atoms with van der Waals surface area (Å²) in [6.07, 6.45) is 11.7. The van der Waals surface area contributed by atoms with Gasteiger partial charge in [0.25, 0.3) is 10.0 Å². The molecule has 0 unspecified atom stereocenters. The molecule has 6 rings (SSSR count). The number of carbonyl (C=O) groups is 1. The number of amides is 1. The van der Waals surface area contributed by atoms with Crippen molar-refractivity contribution in [2.24, 2.45) is 5.41 Å². The zero-order chi connectivity index (χ0) is 33.0. The highest BCUT2D eigenvalue weighted by atomic mass is 35.5. The number of hydrogen-bond donors (Lipinski definition) is 1. The number of ether oxygens (including phenoxy) is 1. The number of aromatic nitrogens is 2. The standard InChI is InChI=1S/C36H39ClN4O5S/c1-3-4-11-28-17-20-36(18-8-9-19-36)35(42)41(28)23-26-15-16-29(27(22-26)24-45-32-14-7-10-21-38-32)30-12-5-6-13-31(30)47(43,44)40-34-33(37)25(2)46-39-34/h5-7,10,12-17,21-22H,3-4,8-9,11,18-20,23-24H2,1-2H3,(H,39,40). The summed E-state index contributed by atoms with van der Waals surface area (Å²) in [7, 11) is -4.12. The molecule has 1 amide bonds. The number of nitrogens with zero attached hydrogens (tertiary/aromatic N) is 3. The molecule has 0 radical (unpaired) electrons. The molecule has 246 valence electrons. The van der Waals surface area contributed by atoms with E-state index in [-0.39, 0.29) is 33.7 Å². The van der Waals surface area contributed by atoms with Crippen molar-refractivity contribution in [2.75, 3.05) is 4.72 Å². The first-order chi connectivity index (χ1) is 22.7. The lowest BCUT2D eigenvalue weighted by Crippen LogP contribution is -2.44. The van der Waals surface area contributed by atoms with Crippen LogP contribution in [0.3, 0.4) is 0 Å². The monoisotopic (exact) mass is 674 g/mol. The van der Waals surface area contributed by atoms with Crippen molar-refractivity contribution in [2.45, 2.75) is 83.3 Å². The van der Waals surface area contributed by atoms with Crippen LogP contribution in [0.1, 0.15) is 75.2 Å². The number of rotatable bonds is 12. The number of hydrogen-bond acceptors (Lipinski definition) is 7. The number of pyridine rings is 1. The van der Waals surface area contributed by atoms with Crippen LogP contribution in [-0.4, -0.2) is 29.4 Å². The van der Waals surface area contributed by atoms with E-state index < -0.39 is 10.0 Å². The minimum atomic E-state index is -4.12. The number of halogens is 1. The van der Waals surface area contributed by atoms with Crippen LogP contribution in [0.2, 0.25) is 5.02 Å². The molecule has 0 bridgehead atoms. The van der Waals surface area contributed by atoms with E-state index in [1.54, 1.807) is 37.4 Å². The maximum Gasteiger partial charge on any atom is 0.263 e. The summed E-state index contributed by atoms with van der Waals surface area (Å²) in [6, 6.07) is 18.1. The highest BCUT2D eigenvalue weighted by molar-refractivity contribution is 7.92. The Morgan fingerprint density at radius 3 is 2.57 bits per heavy atom. The first kappa shape index (κ1) is 32.8. The van der Waals surface area contributed by atoms with Crippen LogP contribution in [-0.2, 0) is 28.0 Å². The third kappa shape index (κ3) is 6.94. The van der Waals surface area contributed by atoms with Crippen molar-refractivity contribution >= 4 is 33.3 Å². The fourth-order valence-corrected chi connectivity index (χ4v) is 7.99. The second-order valence-electron chi connectivity index (χ2n) is 12.3. The number of sulfonamides is 1. The molecule has 1 aliphatic heterocycles. The molecule has 3 heterocycles. The first-order valence-electron chi connectivity index (χ1n) is 16.1. The number of anilines is 1. The number of carbonyl (C=O) groups excluding carboxylic acids is 1. The van der Waals surface area contributed by atoms with Crippen LogP contribution in [0.25, 0.3) is 11.1 Å². The molecule has 2 aromatic heterocycles. The van der Waals surface area contributed by atoms with Gasteiger partial charge >= 0.3 is 0 Å². The number of allylic oxidation sites excluding steroid dienone is 2. The number of aryl methyl sites for hydroxylation is 1. The molecule has 11 heteroatoms. The Hall–Kier alpha value is -4.15. The molecular weight excluding hydrogens is 636 g/mol. The Bertz CT molecular complexity index is 1880. The van der Waals surface area contributed by atoms with Gasteiger partial charge < -0.3 is 14.2 Å². The van der Waals surface area contributed by atoms with Gasteiger partial charge in [0.15, 0.2) is 5.76 Å². The van der Waals surface area contributed by atoms with Gasteiger partial charge in [-0.05, 0) is 73.9 Å². The Balaban J connectivity index is 1.38. The topological polar surface area (TPSA) is 115 Å². The lowest BCUT2D eigenvalue weighted by molar-refractivity contribution is -0.141. The second-order valence-corrected chi connectivity index (χ2v) is 14.4. The Kier molecular flexibility index (Phi) is 9.70. The first-order valence-corrected chi connectivity index (χ1v) is 18.0. The summed E-state index contributed by atoms with van der Waals surface area (Å²) >= 11 is 6.23. The maximum atomic E-state index is 14.1. The van der Waals surface area contributed by atoms with Gasteiger partial charge in [-0.15, -0.1) is 0 Å². The van der Waals surface area contributed by atoms with Gasteiger partial charge in [0.1, 0.15) is 11.6 Å². The number of benzene rings is 2. The van der Waals surface area contributed by atoms with Crippen LogP contribution in [0.15, 0.2) is 88.1 Å². The molecule has 1 fully saturated rings. The van der Waals surface area contributed by atoms with Crippen molar-refractivity contribution < 1.29 is 22.5 Å². The van der Waals surface area contributed by atoms with Crippen molar-refractivity contribution in [3.63, 3.8) is 0 Å². The van der Waals surface area contributed by atoms with E-state index in [2.05, 4.69) is 27.9 Å². The van der Waals surface area contributed by atoms with E-state index in [0.717, 1.165) is 68.2 Å². The molecule has 1 spiro atoms. The zero-order valence-corrected chi connectivity index (χ0v) is 28.2. The van der Waals surface area contributed by atoms with Crippen LogP contribution < -0.4 is 9.46 Å². The van der Waals surface area contributed by atoms with E-state index in [1.165, 1.54) is 6.07 Å². The van der Waals surface area contributed by atoms with E-state index in [0.29, 0.717) is 29.3 Å².